The topological polar surface area (TPSA) is 104 Å². The molecule has 0 unspecified atom stereocenters. The van der Waals surface area contributed by atoms with Gasteiger partial charge in [-0.2, -0.15) is 0 Å². The lowest BCUT2D eigenvalue weighted by Gasteiger charge is -2.33. The van der Waals surface area contributed by atoms with E-state index in [4.69, 9.17) is 4.74 Å². The number of unbranched alkanes of at least 4 members (excludes halogenated alkanes) is 15. The van der Waals surface area contributed by atoms with Crippen LogP contribution in [0.2, 0.25) is 0 Å². The highest BCUT2D eigenvalue weighted by molar-refractivity contribution is 6.00. The molecule has 324 valence electrons. The Labute approximate surface area is 349 Å². The van der Waals surface area contributed by atoms with E-state index in [0.717, 1.165) is 30.4 Å². The third-order valence-corrected chi connectivity index (χ3v) is 11.7. The number of aliphatic carboxylic acids is 1. The highest BCUT2D eigenvalue weighted by Gasteiger charge is 2.50. The summed E-state index contributed by atoms with van der Waals surface area (Å²) < 4.78 is 5.92. The second kappa shape index (κ2) is 21.8. The largest absolute Gasteiger partial charge is 0.507 e. The lowest BCUT2D eigenvalue weighted by molar-refractivity contribution is -0.169. The molecule has 3 N–H and O–H groups in total. The van der Waals surface area contributed by atoms with Gasteiger partial charge in [-0.3, -0.25) is 9.59 Å². The van der Waals surface area contributed by atoms with Crippen LogP contribution in [-0.4, -0.2) is 33.9 Å². The Hall–Kier alpha value is -3.02. The van der Waals surface area contributed by atoms with E-state index in [-0.39, 0.29) is 41.8 Å². The van der Waals surface area contributed by atoms with E-state index < -0.39 is 28.2 Å². The van der Waals surface area contributed by atoms with E-state index in [0.29, 0.717) is 28.7 Å². The molecule has 0 aliphatic heterocycles. The fraction of sp³-hybridized carbons (Fsp3) is 0.725. The van der Waals surface area contributed by atoms with Crippen molar-refractivity contribution in [2.24, 2.45) is 5.41 Å². The van der Waals surface area contributed by atoms with Crippen molar-refractivity contribution in [3.63, 3.8) is 0 Å². The second-order valence-electron chi connectivity index (χ2n) is 21.2. The van der Waals surface area contributed by atoms with Gasteiger partial charge in [0.15, 0.2) is 5.41 Å². The number of carbonyl (C=O) groups is 2. The number of carboxylic acids is 1. The summed E-state index contributed by atoms with van der Waals surface area (Å²) in [4.78, 5) is 28.2. The molecule has 0 heterocycles. The molecular weight excluding hydrogens is 709 g/mol. The highest BCUT2D eigenvalue weighted by Crippen LogP contribution is 2.44. The van der Waals surface area contributed by atoms with Gasteiger partial charge in [-0.05, 0) is 61.5 Å². The molecule has 0 aliphatic rings. The maximum atomic E-state index is 14.5. The van der Waals surface area contributed by atoms with Crippen LogP contribution in [0.3, 0.4) is 0 Å². The first-order valence-corrected chi connectivity index (χ1v) is 22.5. The molecule has 6 nitrogen and oxygen atoms in total. The molecule has 6 heteroatoms. The first-order chi connectivity index (χ1) is 26.4. The third-order valence-electron chi connectivity index (χ3n) is 11.7. The second-order valence-corrected chi connectivity index (χ2v) is 21.2. The quantitative estimate of drug-likeness (QED) is 0.0588. The van der Waals surface area contributed by atoms with Crippen molar-refractivity contribution in [3.05, 3.63) is 57.6 Å². The average Bonchev–Trinajstić information content (AvgIpc) is 3.08. The summed E-state index contributed by atoms with van der Waals surface area (Å²) in [5.74, 6) is -2.19. The fourth-order valence-electron chi connectivity index (χ4n) is 7.72. The van der Waals surface area contributed by atoms with Crippen molar-refractivity contribution < 1.29 is 29.6 Å². The Bertz CT molecular complexity index is 1470. The number of esters is 1. The molecule has 0 fully saturated rings. The number of benzene rings is 2. The predicted octanol–water partition coefficient (Wildman–Crippen LogP) is 13.9. The van der Waals surface area contributed by atoms with E-state index in [9.17, 15) is 24.9 Å². The van der Waals surface area contributed by atoms with E-state index >= 15 is 0 Å². The molecule has 0 aromatic heterocycles. The zero-order valence-corrected chi connectivity index (χ0v) is 38.8. The number of carboxylic acid groups (broad SMARTS) is 1. The number of phenols is 2. The summed E-state index contributed by atoms with van der Waals surface area (Å²) in [5.41, 5.74) is 0.432. The molecule has 2 aromatic carbocycles. The minimum Gasteiger partial charge on any atom is -0.507 e. The zero-order chi connectivity index (χ0) is 43.2. The summed E-state index contributed by atoms with van der Waals surface area (Å²) >= 11 is 0. The third kappa shape index (κ3) is 15.6. The molecular formula is C51H84O6. The van der Waals surface area contributed by atoms with Crippen LogP contribution in [-0.2, 0) is 48.8 Å². The lowest BCUT2D eigenvalue weighted by atomic mass is 9.71. The van der Waals surface area contributed by atoms with Gasteiger partial charge in [-0.1, -0.05) is 211 Å². The Balaban J connectivity index is 2.32. The zero-order valence-electron chi connectivity index (χ0n) is 38.8. The fourth-order valence-corrected chi connectivity index (χ4v) is 7.72. The van der Waals surface area contributed by atoms with Gasteiger partial charge in [-0.15, -0.1) is 0 Å². The van der Waals surface area contributed by atoms with Crippen LogP contribution >= 0.6 is 0 Å². The summed E-state index contributed by atoms with van der Waals surface area (Å²) in [7, 11) is 0. The van der Waals surface area contributed by atoms with Crippen molar-refractivity contribution >= 4 is 11.9 Å². The number of hydrogen-bond donors (Lipinski definition) is 3. The Morgan fingerprint density at radius 2 is 0.807 bits per heavy atom. The number of hydrogen-bond acceptors (Lipinski definition) is 5. The molecule has 0 bridgehead atoms. The van der Waals surface area contributed by atoms with Crippen LogP contribution in [0.4, 0.5) is 0 Å². The van der Waals surface area contributed by atoms with Crippen molar-refractivity contribution in [2.75, 3.05) is 6.61 Å². The normalized spacial score (nSPS) is 12.9. The van der Waals surface area contributed by atoms with Gasteiger partial charge in [0.2, 0.25) is 0 Å². The monoisotopic (exact) mass is 793 g/mol. The minimum absolute atomic E-state index is 0.00484. The number of ether oxygens (including phenoxy) is 1. The Morgan fingerprint density at radius 1 is 0.491 bits per heavy atom. The van der Waals surface area contributed by atoms with Crippen LogP contribution in [0.5, 0.6) is 11.5 Å². The van der Waals surface area contributed by atoms with Crippen LogP contribution in [0.1, 0.15) is 226 Å². The summed E-state index contributed by atoms with van der Waals surface area (Å²) in [5, 5.41) is 34.8. The predicted molar refractivity (Wildman–Crippen MR) is 239 cm³/mol. The molecule has 0 spiro atoms. The molecule has 0 atom stereocenters. The number of aromatic hydroxyl groups is 2. The molecule has 0 amide bonds. The molecule has 0 radical (unpaired) electrons. The van der Waals surface area contributed by atoms with Crippen molar-refractivity contribution in [2.45, 2.75) is 227 Å². The maximum Gasteiger partial charge on any atom is 0.324 e. The van der Waals surface area contributed by atoms with Crippen molar-refractivity contribution in [1.29, 1.82) is 0 Å². The van der Waals surface area contributed by atoms with E-state index in [2.05, 4.69) is 48.5 Å². The minimum atomic E-state index is -2.11. The molecule has 2 rings (SSSR count). The van der Waals surface area contributed by atoms with Crippen LogP contribution in [0.25, 0.3) is 0 Å². The average molecular weight is 793 g/mol. The summed E-state index contributed by atoms with van der Waals surface area (Å²) in [6.07, 6.45) is 19.1. The van der Waals surface area contributed by atoms with Crippen LogP contribution < -0.4 is 0 Å². The van der Waals surface area contributed by atoms with E-state index in [1.54, 1.807) is 0 Å². The van der Waals surface area contributed by atoms with Crippen molar-refractivity contribution in [3.8, 4) is 11.5 Å². The first-order valence-electron chi connectivity index (χ1n) is 22.5. The molecule has 0 saturated heterocycles. The van der Waals surface area contributed by atoms with Crippen molar-refractivity contribution in [1.82, 2.24) is 0 Å². The Kier molecular flexibility index (Phi) is 19.2. The van der Waals surface area contributed by atoms with Gasteiger partial charge in [0.25, 0.3) is 0 Å². The molecule has 57 heavy (non-hydrogen) atoms. The first kappa shape index (κ1) is 50.1. The summed E-state index contributed by atoms with van der Waals surface area (Å²) in [6.45, 7) is 26.9. The van der Waals surface area contributed by atoms with Crippen LogP contribution in [0.15, 0.2) is 24.3 Å². The van der Waals surface area contributed by atoms with Gasteiger partial charge in [-0.25, -0.2) is 0 Å². The van der Waals surface area contributed by atoms with Gasteiger partial charge < -0.3 is 20.1 Å². The molecule has 0 saturated carbocycles. The highest BCUT2D eigenvalue weighted by atomic mass is 16.5. The summed E-state index contributed by atoms with van der Waals surface area (Å²) in [6, 6.07) is 7.67. The smallest absolute Gasteiger partial charge is 0.324 e. The van der Waals surface area contributed by atoms with E-state index in [1.807, 2.05) is 65.8 Å². The molecule has 2 aromatic rings. The standard InChI is InChI=1S/C51H84O6/c1-14-15-16-17-18-19-20-21-22-23-24-25-26-27-28-29-30-57-46(56)51(45(54)55,35-37-31-39(47(2,3)4)33-41(43(37)52)49(8,9)10)36-38-32-40(48(5,6)7)34-42(44(38)53)50(11,12)13/h31-34,52-53H,14-30,35-36H2,1-13H3,(H,54,55). The maximum absolute atomic E-state index is 14.5. The Morgan fingerprint density at radius 3 is 1.09 bits per heavy atom. The van der Waals surface area contributed by atoms with E-state index in [1.165, 1.54) is 77.0 Å². The number of phenolic OH excluding ortho intramolecular Hbond substituents is 2. The molecule has 0 aliphatic carbocycles. The van der Waals surface area contributed by atoms with Gasteiger partial charge >= 0.3 is 11.9 Å². The van der Waals surface area contributed by atoms with Crippen LogP contribution in [0, 0.1) is 5.41 Å². The van der Waals surface area contributed by atoms with Gasteiger partial charge in [0.1, 0.15) is 11.5 Å². The lowest BCUT2D eigenvalue weighted by Crippen LogP contribution is -2.45. The SMILES string of the molecule is CCCCCCCCCCCCCCCCCCOC(=O)C(Cc1cc(C(C)(C)C)cc(C(C)(C)C)c1O)(Cc1cc(C(C)(C)C)cc(C(C)(C)C)c1O)C(=O)O. The number of carbonyl (C=O) groups excluding carboxylic acids is 1. The van der Waals surface area contributed by atoms with Gasteiger partial charge in [0, 0.05) is 12.8 Å². The number of rotatable bonds is 23. The van der Waals surface area contributed by atoms with Gasteiger partial charge in [0.05, 0.1) is 6.61 Å².